The van der Waals surface area contributed by atoms with Gasteiger partial charge in [0.15, 0.2) is 12.2 Å². The summed E-state index contributed by atoms with van der Waals surface area (Å²) in [7, 11) is 2.36. The average molecular weight is 541 g/mol. The standard InChI is InChI=1S/C11H15N3O6.C11H17N3O4/c1-11(2,3)20-9(15)6-13-7(10(16)19-4)5-8(12-13)14(17)18;1-11(2,3)18-9(15)6-14-7(10(16)17-4)5-8(12)13-14/h5H,6H2,1-4H3;5H,6H2,1-4H3,(H2,12,13). The van der Waals surface area contributed by atoms with Crippen LogP contribution in [0.4, 0.5) is 11.6 Å². The Morgan fingerprint density at radius 2 is 1.24 bits per heavy atom. The first-order chi connectivity index (χ1) is 17.4. The number of nitrogens with zero attached hydrogens (tertiary/aromatic N) is 5. The molecule has 0 saturated heterocycles. The summed E-state index contributed by atoms with van der Waals surface area (Å²) in [5.74, 6) is -3.01. The summed E-state index contributed by atoms with van der Waals surface area (Å²) in [6, 6.07) is 2.28. The molecule has 0 bridgehead atoms. The summed E-state index contributed by atoms with van der Waals surface area (Å²) < 4.78 is 21.3. The van der Waals surface area contributed by atoms with Gasteiger partial charge in [-0.25, -0.2) is 19.1 Å². The van der Waals surface area contributed by atoms with Crippen LogP contribution in [0, 0.1) is 10.1 Å². The highest BCUT2D eigenvalue weighted by atomic mass is 16.6. The topological polar surface area (TPSA) is 210 Å². The molecule has 16 nitrogen and oxygen atoms in total. The van der Waals surface area contributed by atoms with Crippen molar-refractivity contribution in [1.82, 2.24) is 19.6 Å². The summed E-state index contributed by atoms with van der Waals surface area (Å²) in [5, 5.41) is 18.1. The second-order valence-corrected chi connectivity index (χ2v) is 9.57. The molecule has 0 atom stereocenters. The van der Waals surface area contributed by atoms with Crippen LogP contribution in [0.25, 0.3) is 0 Å². The van der Waals surface area contributed by atoms with Crippen LogP contribution in [0.1, 0.15) is 62.5 Å². The number of hydrogen-bond donors (Lipinski definition) is 1. The zero-order chi connectivity index (χ0) is 29.4. The van der Waals surface area contributed by atoms with E-state index in [2.05, 4.69) is 19.7 Å². The molecule has 0 radical (unpaired) electrons. The number of ether oxygens (including phenoxy) is 4. The number of carbonyl (C=O) groups is 4. The molecule has 2 N–H and O–H groups in total. The van der Waals surface area contributed by atoms with Gasteiger partial charge < -0.3 is 34.8 Å². The molecule has 0 spiro atoms. The SMILES string of the molecule is COC(=O)c1cc(N)nn1CC(=O)OC(C)(C)C.COC(=O)c1cc([N+](=O)[O-])nn1CC(=O)OC(C)(C)C. The lowest BCUT2D eigenvalue weighted by atomic mass is 10.2. The van der Waals surface area contributed by atoms with Crippen LogP contribution in [0.3, 0.4) is 0 Å². The van der Waals surface area contributed by atoms with Crippen LogP contribution in [0.5, 0.6) is 0 Å². The molecule has 16 heteroatoms. The Balaban J connectivity index is 0.000000382. The number of aromatic nitrogens is 4. The summed E-state index contributed by atoms with van der Waals surface area (Å²) in [5.41, 5.74) is 4.10. The summed E-state index contributed by atoms with van der Waals surface area (Å²) in [6.07, 6.45) is 0. The lowest BCUT2D eigenvalue weighted by Crippen LogP contribution is -2.28. The Bertz CT molecular complexity index is 1190. The smallest absolute Gasteiger partial charge is 0.390 e. The number of nitrogens with two attached hydrogens (primary N) is 1. The van der Waals surface area contributed by atoms with Gasteiger partial charge in [-0.1, -0.05) is 0 Å². The van der Waals surface area contributed by atoms with E-state index in [1.54, 1.807) is 41.5 Å². The number of methoxy groups -OCH3 is 2. The van der Waals surface area contributed by atoms with Crippen LogP contribution in [0.2, 0.25) is 0 Å². The number of hydrogen-bond acceptors (Lipinski definition) is 13. The van der Waals surface area contributed by atoms with Crippen molar-refractivity contribution in [3.63, 3.8) is 0 Å². The van der Waals surface area contributed by atoms with E-state index >= 15 is 0 Å². The molecular weight excluding hydrogens is 508 g/mol. The fourth-order valence-electron chi connectivity index (χ4n) is 2.70. The number of rotatable bonds is 7. The Morgan fingerprint density at radius 3 is 1.61 bits per heavy atom. The van der Waals surface area contributed by atoms with Gasteiger partial charge in [-0.15, -0.1) is 0 Å². The molecule has 0 aliphatic rings. The van der Waals surface area contributed by atoms with Gasteiger partial charge in [0, 0.05) is 6.07 Å². The fourth-order valence-corrected chi connectivity index (χ4v) is 2.70. The normalized spacial score (nSPS) is 11.1. The number of nitro groups is 1. The lowest BCUT2D eigenvalue weighted by Gasteiger charge is -2.19. The number of anilines is 1. The van der Waals surface area contributed by atoms with Gasteiger partial charge in [0.2, 0.25) is 0 Å². The highest BCUT2D eigenvalue weighted by molar-refractivity contribution is 5.89. The Hall–Kier alpha value is -4.50. The molecule has 0 aliphatic carbocycles. The first kappa shape index (κ1) is 31.5. The van der Waals surface area contributed by atoms with Crippen molar-refractivity contribution in [2.45, 2.75) is 65.8 Å². The molecule has 38 heavy (non-hydrogen) atoms. The van der Waals surface area contributed by atoms with E-state index in [1.165, 1.54) is 13.2 Å². The molecular formula is C22H32N6O10. The van der Waals surface area contributed by atoms with Gasteiger partial charge in [-0.3, -0.25) is 4.79 Å². The second kappa shape index (κ2) is 12.6. The lowest BCUT2D eigenvalue weighted by molar-refractivity contribution is -0.389. The van der Waals surface area contributed by atoms with Gasteiger partial charge in [0.25, 0.3) is 0 Å². The van der Waals surface area contributed by atoms with Crippen LogP contribution in [-0.4, -0.2) is 73.8 Å². The minimum atomic E-state index is -0.825. The first-order valence-corrected chi connectivity index (χ1v) is 11.0. The summed E-state index contributed by atoms with van der Waals surface area (Å²) in [4.78, 5) is 56.1. The Morgan fingerprint density at radius 1 is 0.842 bits per heavy atom. The van der Waals surface area contributed by atoms with Crippen LogP contribution in [0.15, 0.2) is 12.1 Å². The average Bonchev–Trinajstić information content (AvgIpc) is 3.33. The number of esters is 4. The molecule has 2 aromatic rings. The van der Waals surface area contributed by atoms with E-state index in [0.29, 0.717) is 0 Å². The van der Waals surface area contributed by atoms with Gasteiger partial charge >= 0.3 is 29.7 Å². The van der Waals surface area contributed by atoms with Crippen LogP contribution < -0.4 is 5.73 Å². The largest absolute Gasteiger partial charge is 0.464 e. The maximum Gasteiger partial charge on any atom is 0.390 e. The first-order valence-electron chi connectivity index (χ1n) is 11.0. The van der Waals surface area contributed by atoms with E-state index in [-0.39, 0.29) is 23.8 Å². The van der Waals surface area contributed by atoms with E-state index in [4.69, 9.17) is 15.2 Å². The van der Waals surface area contributed by atoms with Gasteiger partial charge in [0.1, 0.15) is 29.3 Å². The monoisotopic (exact) mass is 540 g/mol. The highest BCUT2D eigenvalue weighted by Gasteiger charge is 2.27. The van der Waals surface area contributed by atoms with E-state index < -0.39 is 52.4 Å². The quantitative estimate of drug-likeness (QED) is 0.229. The summed E-state index contributed by atoms with van der Waals surface area (Å²) in [6.45, 7) is 9.68. The van der Waals surface area contributed by atoms with Crippen molar-refractivity contribution in [2.75, 3.05) is 20.0 Å². The van der Waals surface area contributed by atoms with Crippen molar-refractivity contribution in [1.29, 1.82) is 0 Å². The molecule has 0 fully saturated rings. The maximum absolute atomic E-state index is 11.7. The molecule has 0 amide bonds. The Labute approximate surface area is 218 Å². The van der Waals surface area contributed by atoms with E-state index in [9.17, 15) is 29.3 Å². The number of nitrogen functional groups attached to an aromatic ring is 1. The molecule has 0 saturated carbocycles. The second-order valence-electron chi connectivity index (χ2n) is 9.57. The molecule has 2 rings (SSSR count). The third kappa shape index (κ3) is 10.2. The van der Waals surface area contributed by atoms with E-state index in [1.807, 2.05) is 0 Å². The minimum absolute atomic E-state index is 0.112. The molecule has 2 aromatic heterocycles. The minimum Gasteiger partial charge on any atom is -0.464 e. The van der Waals surface area contributed by atoms with E-state index in [0.717, 1.165) is 22.5 Å². The van der Waals surface area contributed by atoms with Crippen molar-refractivity contribution in [3.05, 3.63) is 33.6 Å². The van der Waals surface area contributed by atoms with Crippen molar-refractivity contribution < 1.29 is 43.0 Å². The van der Waals surface area contributed by atoms with Crippen molar-refractivity contribution in [2.24, 2.45) is 0 Å². The zero-order valence-electron chi connectivity index (χ0n) is 22.5. The van der Waals surface area contributed by atoms with Gasteiger partial charge in [-0.2, -0.15) is 9.78 Å². The van der Waals surface area contributed by atoms with Crippen molar-refractivity contribution in [3.8, 4) is 0 Å². The molecule has 0 aliphatic heterocycles. The van der Waals surface area contributed by atoms with Gasteiger partial charge in [0.05, 0.1) is 25.4 Å². The predicted octanol–water partition coefficient (Wildman–Crippen LogP) is 1.51. The molecule has 0 aromatic carbocycles. The number of carbonyl (C=O) groups excluding carboxylic acids is 4. The molecule has 2 heterocycles. The third-order valence-corrected chi connectivity index (χ3v) is 3.94. The Kier molecular flexibility index (Phi) is 10.5. The van der Waals surface area contributed by atoms with Crippen LogP contribution >= 0.6 is 0 Å². The highest BCUT2D eigenvalue weighted by Crippen LogP contribution is 2.15. The fraction of sp³-hybridized carbons (Fsp3) is 0.545. The molecule has 0 unspecified atom stereocenters. The zero-order valence-corrected chi connectivity index (χ0v) is 22.5. The van der Waals surface area contributed by atoms with Gasteiger partial charge in [-0.05, 0) is 46.5 Å². The summed E-state index contributed by atoms with van der Waals surface area (Å²) >= 11 is 0. The predicted molar refractivity (Wildman–Crippen MR) is 130 cm³/mol. The molecule has 210 valence electrons. The van der Waals surface area contributed by atoms with Crippen molar-refractivity contribution >= 4 is 35.5 Å². The maximum atomic E-state index is 11.7. The van der Waals surface area contributed by atoms with Crippen LogP contribution in [-0.2, 0) is 41.6 Å². The third-order valence-electron chi connectivity index (χ3n) is 3.94.